The molecule has 168 valence electrons. The second-order valence-corrected chi connectivity index (χ2v) is 7.53. The Morgan fingerprint density at radius 2 is 1.59 bits per heavy atom. The molecular formula is C23H16N6O5. The minimum Gasteiger partial charge on any atom is -0.325 e. The Labute approximate surface area is 190 Å². The van der Waals surface area contributed by atoms with Gasteiger partial charge in [-0.25, -0.2) is 24.4 Å². The van der Waals surface area contributed by atoms with Crippen molar-refractivity contribution in [1.82, 2.24) is 14.8 Å². The van der Waals surface area contributed by atoms with Gasteiger partial charge in [-0.1, -0.05) is 30.3 Å². The second-order valence-electron chi connectivity index (χ2n) is 7.53. The first-order valence-corrected chi connectivity index (χ1v) is 10.2. The highest BCUT2D eigenvalue weighted by Gasteiger charge is 2.36. The van der Waals surface area contributed by atoms with Gasteiger partial charge < -0.3 is 5.32 Å². The number of hydrogen-bond acceptors (Lipinski definition) is 6. The van der Waals surface area contributed by atoms with Gasteiger partial charge in [-0.3, -0.25) is 19.9 Å². The minimum absolute atomic E-state index is 0.126. The summed E-state index contributed by atoms with van der Waals surface area (Å²) in [6.07, 6.45) is 0. The molecule has 0 fully saturated rings. The van der Waals surface area contributed by atoms with Crippen LogP contribution in [-0.2, 0) is 4.79 Å². The largest absolute Gasteiger partial charge is 0.348 e. The lowest BCUT2D eigenvalue weighted by molar-refractivity contribution is -0.384. The third-order valence-corrected chi connectivity index (χ3v) is 5.46. The molecule has 3 aromatic carbocycles. The third kappa shape index (κ3) is 3.60. The van der Waals surface area contributed by atoms with E-state index in [4.69, 9.17) is 4.99 Å². The Morgan fingerprint density at radius 3 is 2.24 bits per heavy atom. The summed E-state index contributed by atoms with van der Waals surface area (Å²) >= 11 is 0. The van der Waals surface area contributed by atoms with Crippen LogP contribution < -0.4 is 16.7 Å². The van der Waals surface area contributed by atoms with Crippen molar-refractivity contribution in [2.45, 2.75) is 5.92 Å². The predicted octanol–water partition coefficient (Wildman–Crippen LogP) is 2.62. The van der Waals surface area contributed by atoms with E-state index in [1.54, 1.807) is 48.5 Å². The van der Waals surface area contributed by atoms with Crippen LogP contribution >= 0.6 is 0 Å². The maximum Gasteiger partial charge on any atom is 0.348 e. The number of anilines is 1. The number of nitrogens with zero attached hydrogens (tertiary/aromatic N) is 3. The van der Waals surface area contributed by atoms with Crippen molar-refractivity contribution >= 4 is 28.7 Å². The van der Waals surface area contributed by atoms with Crippen molar-refractivity contribution in [1.29, 1.82) is 0 Å². The minimum atomic E-state index is -0.868. The number of nitrogens with one attached hydrogen (secondary N) is 3. The van der Waals surface area contributed by atoms with Gasteiger partial charge in [0.15, 0.2) is 0 Å². The van der Waals surface area contributed by atoms with Gasteiger partial charge in [0.25, 0.3) is 5.69 Å². The number of carbonyl (C=O) groups excluding carboxylic acids is 1. The Morgan fingerprint density at radius 1 is 0.912 bits per heavy atom. The van der Waals surface area contributed by atoms with Crippen LogP contribution in [0.4, 0.5) is 17.1 Å². The van der Waals surface area contributed by atoms with Crippen LogP contribution in [0.3, 0.4) is 0 Å². The van der Waals surface area contributed by atoms with Crippen LogP contribution in [-0.4, -0.2) is 31.3 Å². The zero-order chi connectivity index (χ0) is 23.8. The maximum atomic E-state index is 13.0. The number of amides is 1. The average molecular weight is 456 g/mol. The molecule has 0 bridgehead atoms. The van der Waals surface area contributed by atoms with E-state index in [9.17, 15) is 24.5 Å². The summed E-state index contributed by atoms with van der Waals surface area (Å²) in [6, 6.07) is 19.6. The fourth-order valence-electron chi connectivity index (χ4n) is 3.90. The van der Waals surface area contributed by atoms with E-state index < -0.39 is 22.2 Å². The first-order chi connectivity index (χ1) is 16.4. The summed E-state index contributed by atoms with van der Waals surface area (Å²) in [7, 11) is 0. The van der Waals surface area contributed by atoms with E-state index in [1.165, 1.54) is 18.2 Å². The number of hydrogen-bond donors (Lipinski definition) is 3. The molecule has 5 rings (SSSR count). The maximum absolute atomic E-state index is 13.0. The zero-order valence-corrected chi connectivity index (χ0v) is 17.4. The smallest absolute Gasteiger partial charge is 0.325 e. The first kappa shape index (κ1) is 20.8. The molecule has 3 N–H and O–H groups in total. The van der Waals surface area contributed by atoms with Crippen molar-refractivity contribution < 1.29 is 9.72 Å². The van der Waals surface area contributed by atoms with Crippen molar-refractivity contribution in [3.05, 3.63) is 115 Å². The van der Waals surface area contributed by atoms with Crippen molar-refractivity contribution in [2.24, 2.45) is 4.99 Å². The summed E-state index contributed by atoms with van der Waals surface area (Å²) < 4.78 is 0.936. The van der Waals surface area contributed by atoms with Gasteiger partial charge in [0, 0.05) is 23.4 Å². The molecule has 0 saturated heterocycles. The number of H-pyrrole nitrogens is 2. The number of aromatic nitrogens is 3. The fraction of sp³-hybridized carbons (Fsp3) is 0.0435. The molecule has 1 aliphatic rings. The molecule has 0 aliphatic carbocycles. The Bertz CT molecular complexity index is 1540. The van der Waals surface area contributed by atoms with Crippen LogP contribution in [0.1, 0.15) is 17.0 Å². The molecule has 1 aromatic heterocycles. The van der Waals surface area contributed by atoms with E-state index in [2.05, 4.69) is 15.5 Å². The number of carbonyl (C=O) groups is 1. The lowest BCUT2D eigenvalue weighted by Gasteiger charge is -2.14. The van der Waals surface area contributed by atoms with Gasteiger partial charge in [0.2, 0.25) is 5.91 Å². The van der Waals surface area contributed by atoms with Gasteiger partial charge >= 0.3 is 11.4 Å². The van der Waals surface area contributed by atoms with Crippen molar-refractivity contribution in [3.8, 4) is 5.69 Å². The molecule has 1 aliphatic heterocycles. The first-order valence-electron chi connectivity index (χ1n) is 10.2. The summed E-state index contributed by atoms with van der Waals surface area (Å²) in [5.41, 5.74) is 1.50. The van der Waals surface area contributed by atoms with Gasteiger partial charge in [0.1, 0.15) is 5.92 Å². The van der Waals surface area contributed by atoms with Crippen LogP contribution in [0, 0.1) is 10.1 Å². The van der Waals surface area contributed by atoms with Gasteiger partial charge in [-0.2, -0.15) is 0 Å². The highest BCUT2D eigenvalue weighted by atomic mass is 16.6. The normalized spacial score (nSPS) is 15.1. The molecule has 34 heavy (non-hydrogen) atoms. The number of rotatable bonds is 5. The second kappa shape index (κ2) is 8.13. The molecule has 1 amide bonds. The van der Waals surface area contributed by atoms with Crippen LogP contribution in [0.15, 0.2) is 87.4 Å². The van der Waals surface area contributed by atoms with E-state index in [0.717, 1.165) is 4.57 Å². The number of nitro benzene ring substituents is 1. The molecule has 4 aromatic rings. The molecule has 0 saturated carbocycles. The van der Waals surface area contributed by atoms with Gasteiger partial charge in [-0.15, -0.1) is 0 Å². The molecular weight excluding hydrogens is 440 g/mol. The predicted molar refractivity (Wildman–Crippen MR) is 124 cm³/mol. The quantitative estimate of drug-likeness (QED) is 0.239. The standard InChI is InChI=1S/C23H16N6O5/c30-21-19(17-12-16(29(33)34)10-11-18(17)25-21)20(13-4-2-1-3-5-13)24-14-6-8-15(9-7-14)28-22(31)26-27-23(28)32/h1-12,19H,(H,25,30)(H,26,31)(H,27,32). The topological polar surface area (TPSA) is 155 Å². The zero-order valence-electron chi connectivity index (χ0n) is 17.4. The Hall–Kier alpha value is -5.06. The molecule has 11 nitrogen and oxygen atoms in total. The SMILES string of the molecule is O=C1Nc2ccc([N+](=O)[O-])cc2C1C(=Nc1ccc(-n2c(=O)[nH][nH]c2=O)cc1)c1ccccc1. The number of fused-ring (bicyclic) bond motifs is 1. The number of benzene rings is 3. The fourth-order valence-corrected chi connectivity index (χ4v) is 3.90. The summed E-state index contributed by atoms with van der Waals surface area (Å²) in [4.78, 5) is 52.2. The molecule has 1 unspecified atom stereocenters. The van der Waals surface area contributed by atoms with Gasteiger partial charge in [0.05, 0.1) is 22.0 Å². The number of aromatic amines is 2. The summed E-state index contributed by atoms with van der Waals surface area (Å²) in [5.74, 6) is -1.22. The van der Waals surface area contributed by atoms with E-state index in [-0.39, 0.29) is 11.6 Å². The third-order valence-electron chi connectivity index (χ3n) is 5.46. The lowest BCUT2D eigenvalue weighted by atomic mass is 9.90. The molecule has 2 heterocycles. The number of nitro groups is 1. The van der Waals surface area contributed by atoms with Crippen molar-refractivity contribution in [2.75, 3.05) is 5.32 Å². The summed E-state index contributed by atoms with van der Waals surface area (Å²) in [6.45, 7) is 0. The van der Waals surface area contributed by atoms with E-state index in [0.29, 0.717) is 33.9 Å². The molecule has 11 heteroatoms. The number of aliphatic imine (C=N–C) groups is 1. The monoisotopic (exact) mass is 456 g/mol. The molecule has 0 spiro atoms. The number of non-ortho nitro benzene ring substituents is 1. The molecule has 0 radical (unpaired) electrons. The van der Waals surface area contributed by atoms with Gasteiger partial charge in [-0.05, 0) is 35.9 Å². The van der Waals surface area contributed by atoms with Crippen LogP contribution in [0.5, 0.6) is 0 Å². The van der Waals surface area contributed by atoms with Crippen LogP contribution in [0.2, 0.25) is 0 Å². The van der Waals surface area contributed by atoms with Crippen LogP contribution in [0.25, 0.3) is 5.69 Å². The van der Waals surface area contributed by atoms with Crippen molar-refractivity contribution in [3.63, 3.8) is 0 Å². The van der Waals surface area contributed by atoms with E-state index in [1.807, 2.05) is 6.07 Å². The van der Waals surface area contributed by atoms with E-state index >= 15 is 0 Å². The Kier molecular flexibility index (Phi) is 4.98. The average Bonchev–Trinajstić information content (AvgIpc) is 3.35. The Balaban J connectivity index is 1.62. The lowest BCUT2D eigenvalue weighted by Crippen LogP contribution is -2.24. The molecule has 1 atom stereocenters. The highest BCUT2D eigenvalue weighted by molar-refractivity contribution is 6.24. The summed E-state index contributed by atoms with van der Waals surface area (Å²) in [5, 5.41) is 18.5. The highest BCUT2D eigenvalue weighted by Crippen LogP contribution is 2.38.